The molecule has 2 N–H and O–H groups in total. The number of aromatic nitrogens is 4. The van der Waals surface area contributed by atoms with E-state index in [1.807, 2.05) is 0 Å². The van der Waals surface area contributed by atoms with Crippen molar-refractivity contribution < 1.29 is 4.52 Å². The fraction of sp³-hybridized carbons (Fsp3) is 0.250. The van der Waals surface area contributed by atoms with Crippen LogP contribution in [0.2, 0.25) is 0 Å². The van der Waals surface area contributed by atoms with E-state index in [9.17, 15) is 4.79 Å². The van der Waals surface area contributed by atoms with Crippen LogP contribution in [0.3, 0.4) is 0 Å². The molecule has 0 saturated carbocycles. The second kappa shape index (κ2) is 4.36. The molecule has 0 saturated heterocycles. The molecule has 0 amide bonds. The quantitative estimate of drug-likeness (QED) is 0.721. The molecule has 0 bridgehead atoms. The van der Waals surface area contributed by atoms with Gasteiger partial charge in [0.15, 0.2) is 6.33 Å². The van der Waals surface area contributed by atoms with Gasteiger partial charge in [0.1, 0.15) is 5.82 Å². The molecule has 0 aromatic carbocycles. The van der Waals surface area contributed by atoms with Crippen LogP contribution in [0.4, 0.5) is 5.82 Å². The van der Waals surface area contributed by atoms with Gasteiger partial charge in [0.2, 0.25) is 5.89 Å². The van der Waals surface area contributed by atoms with Gasteiger partial charge in [0.25, 0.3) is 5.56 Å². The molecule has 2 aromatic rings. The topological polar surface area (TPSA) is 96.7 Å². The summed E-state index contributed by atoms with van der Waals surface area (Å²) < 4.78 is 4.81. The Hall–Kier alpha value is -2.18. The van der Waals surface area contributed by atoms with Gasteiger partial charge in [-0.25, -0.2) is 4.98 Å². The Balaban J connectivity index is 1.86. The van der Waals surface area contributed by atoms with Crippen molar-refractivity contribution in [1.82, 2.24) is 20.1 Å². The summed E-state index contributed by atoms with van der Waals surface area (Å²) in [6.45, 7) is 0.582. The van der Waals surface area contributed by atoms with E-state index < -0.39 is 0 Å². The molecule has 0 radical (unpaired) electrons. The van der Waals surface area contributed by atoms with Gasteiger partial charge in [-0.05, 0) is 0 Å². The Morgan fingerprint density at radius 3 is 3.13 bits per heavy atom. The van der Waals surface area contributed by atoms with E-state index in [0.717, 1.165) is 0 Å². The van der Waals surface area contributed by atoms with Crippen molar-refractivity contribution in [2.45, 2.75) is 6.42 Å². The molecular formula is C8H9N5O2. The van der Waals surface area contributed by atoms with Crippen LogP contribution in [0.5, 0.6) is 0 Å². The number of nitrogens with zero attached hydrogens (tertiary/aromatic N) is 3. The molecule has 2 aromatic heterocycles. The van der Waals surface area contributed by atoms with Crippen molar-refractivity contribution in [3.63, 3.8) is 0 Å². The predicted octanol–water partition coefficient (Wildman–Crippen LogP) is -0.193. The van der Waals surface area contributed by atoms with Crippen LogP contribution in [0, 0.1) is 0 Å². The summed E-state index contributed by atoms with van der Waals surface area (Å²) in [6.07, 6.45) is 3.28. The number of nitrogens with one attached hydrogen (secondary N) is 2. The minimum Gasteiger partial charge on any atom is -0.369 e. The average molecular weight is 207 g/mol. The molecule has 0 spiro atoms. The Kier molecular flexibility index (Phi) is 2.72. The highest BCUT2D eigenvalue weighted by Gasteiger charge is 1.99. The number of aromatic amines is 1. The van der Waals surface area contributed by atoms with Crippen molar-refractivity contribution in [3.05, 3.63) is 35.0 Å². The average Bonchev–Trinajstić information content (AvgIpc) is 2.71. The lowest BCUT2D eigenvalue weighted by atomic mass is 10.4. The molecule has 0 unspecified atom stereocenters. The van der Waals surface area contributed by atoms with Gasteiger partial charge in [-0.2, -0.15) is 4.98 Å². The number of rotatable bonds is 4. The molecule has 7 heteroatoms. The molecule has 0 fully saturated rings. The zero-order chi connectivity index (χ0) is 10.5. The molecule has 2 rings (SSSR count). The zero-order valence-electron chi connectivity index (χ0n) is 7.80. The molecule has 2 heterocycles. The predicted molar refractivity (Wildman–Crippen MR) is 51.3 cm³/mol. The first-order valence-electron chi connectivity index (χ1n) is 4.39. The lowest BCUT2D eigenvalue weighted by molar-refractivity contribution is 0.379. The van der Waals surface area contributed by atoms with Crippen LogP contribution in [-0.4, -0.2) is 26.7 Å². The van der Waals surface area contributed by atoms with Gasteiger partial charge >= 0.3 is 0 Å². The van der Waals surface area contributed by atoms with Gasteiger partial charge in [-0.3, -0.25) is 4.79 Å². The molecule has 0 atom stereocenters. The highest BCUT2D eigenvalue weighted by molar-refractivity contribution is 5.31. The maximum Gasteiger partial charge on any atom is 0.252 e. The highest BCUT2D eigenvalue weighted by Crippen LogP contribution is 1.97. The zero-order valence-corrected chi connectivity index (χ0v) is 7.80. The molecule has 0 aliphatic heterocycles. The number of anilines is 1. The first-order valence-corrected chi connectivity index (χ1v) is 4.39. The van der Waals surface area contributed by atoms with E-state index in [1.165, 1.54) is 18.7 Å². The smallest absolute Gasteiger partial charge is 0.252 e. The summed E-state index contributed by atoms with van der Waals surface area (Å²) in [4.78, 5) is 21.1. The van der Waals surface area contributed by atoms with Crippen molar-refractivity contribution in [2.24, 2.45) is 0 Å². The van der Waals surface area contributed by atoms with Gasteiger partial charge in [-0.15, -0.1) is 0 Å². The van der Waals surface area contributed by atoms with Crippen molar-refractivity contribution in [2.75, 3.05) is 11.9 Å². The number of hydrogen-bond acceptors (Lipinski definition) is 6. The number of hydrogen-bond donors (Lipinski definition) is 2. The van der Waals surface area contributed by atoms with Crippen LogP contribution in [0.1, 0.15) is 5.89 Å². The Morgan fingerprint density at radius 1 is 1.47 bits per heavy atom. The molecule has 0 aliphatic carbocycles. The summed E-state index contributed by atoms with van der Waals surface area (Å²) in [5.74, 6) is 1.07. The second-order valence-corrected chi connectivity index (χ2v) is 2.81. The standard InChI is InChI=1S/C8H9N5O2/c14-7-3-6(10-4-11-7)9-2-1-8-12-5-13-15-8/h3-5H,1-2H2,(H2,9,10,11,14). The van der Waals surface area contributed by atoms with Gasteiger partial charge in [0, 0.05) is 19.0 Å². The fourth-order valence-electron chi connectivity index (χ4n) is 1.07. The number of H-pyrrole nitrogens is 1. The summed E-state index contributed by atoms with van der Waals surface area (Å²) in [7, 11) is 0. The largest absolute Gasteiger partial charge is 0.369 e. The van der Waals surface area contributed by atoms with Gasteiger partial charge < -0.3 is 14.8 Å². The lowest BCUT2D eigenvalue weighted by Gasteiger charge is -2.01. The first-order chi connectivity index (χ1) is 7.34. The second-order valence-electron chi connectivity index (χ2n) is 2.81. The van der Waals surface area contributed by atoms with Crippen LogP contribution in [0.25, 0.3) is 0 Å². The maximum atomic E-state index is 10.9. The van der Waals surface area contributed by atoms with E-state index in [4.69, 9.17) is 4.52 Å². The highest BCUT2D eigenvalue weighted by atomic mass is 16.5. The normalized spacial score (nSPS) is 10.1. The van der Waals surface area contributed by atoms with E-state index in [0.29, 0.717) is 24.7 Å². The molecule has 78 valence electrons. The third-order valence-electron chi connectivity index (χ3n) is 1.73. The van der Waals surface area contributed by atoms with Crippen LogP contribution >= 0.6 is 0 Å². The van der Waals surface area contributed by atoms with Crippen LogP contribution in [0.15, 0.2) is 28.0 Å². The van der Waals surface area contributed by atoms with E-state index in [1.54, 1.807) is 0 Å². The summed E-state index contributed by atoms with van der Waals surface area (Å²) in [5, 5.41) is 6.44. The third-order valence-corrected chi connectivity index (χ3v) is 1.73. The van der Waals surface area contributed by atoms with E-state index in [-0.39, 0.29) is 5.56 Å². The summed E-state index contributed by atoms with van der Waals surface area (Å²) in [5.41, 5.74) is -0.190. The maximum absolute atomic E-state index is 10.9. The SMILES string of the molecule is O=c1cc(NCCc2ncno2)nc[nH]1. The molecular weight excluding hydrogens is 198 g/mol. The van der Waals surface area contributed by atoms with Crippen LogP contribution in [-0.2, 0) is 6.42 Å². The first kappa shape index (κ1) is 9.38. The molecule has 7 nitrogen and oxygen atoms in total. The summed E-state index contributed by atoms with van der Waals surface area (Å²) >= 11 is 0. The Bertz CT molecular complexity index is 464. The van der Waals surface area contributed by atoms with Crippen LogP contribution < -0.4 is 10.9 Å². The van der Waals surface area contributed by atoms with Gasteiger partial charge in [-0.1, -0.05) is 5.16 Å². The van der Waals surface area contributed by atoms with E-state index >= 15 is 0 Å². The molecule has 0 aliphatic rings. The third kappa shape index (κ3) is 2.63. The molecule has 15 heavy (non-hydrogen) atoms. The van der Waals surface area contributed by atoms with Crippen molar-refractivity contribution >= 4 is 5.82 Å². The monoisotopic (exact) mass is 207 g/mol. The van der Waals surface area contributed by atoms with Crippen molar-refractivity contribution in [1.29, 1.82) is 0 Å². The minimum absolute atomic E-state index is 0.190. The fourth-order valence-corrected chi connectivity index (χ4v) is 1.07. The Labute approximate surface area is 84.6 Å². The Morgan fingerprint density at radius 2 is 2.40 bits per heavy atom. The van der Waals surface area contributed by atoms with Crippen molar-refractivity contribution in [3.8, 4) is 0 Å². The van der Waals surface area contributed by atoms with Gasteiger partial charge in [0.05, 0.1) is 6.33 Å². The lowest BCUT2D eigenvalue weighted by Crippen LogP contribution is -2.11. The minimum atomic E-state index is -0.190. The van der Waals surface area contributed by atoms with E-state index in [2.05, 4.69) is 25.4 Å². The summed E-state index contributed by atoms with van der Waals surface area (Å²) in [6, 6.07) is 1.38.